The number of nitrogens with zero attached hydrogens (tertiary/aromatic N) is 2. The van der Waals surface area contributed by atoms with Crippen LogP contribution in [0.15, 0.2) is 97.1 Å². The van der Waals surface area contributed by atoms with Crippen molar-refractivity contribution in [3.05, 3.63) is 120 Å². The predicted molar refractivity (Wildman–Crippen MR) is 179 cm³/mol. The summed E-state index contributed by atoms with van der Waals surface area (Å²) in [4.78, 5) is 17.8. The van der Waals surface area contributed by atoms with Crippen molar-refractivity contribution in [2.75, 3.05) is 29.4 Å². The Labute approximate surface area is 270 Å². The first-order valence-electron chi connectivity index (χ1n) is 14.6. The molecule has 0 bridgehead atoms. The van der Waals surface area contributed by atoms with E-state index >= 15 is 0 Å². The molecule has 1 fully saturated rings. The Morgan fingerprint density at radius 3 is 2.09 bits per heavy atom. The second kappa shape index (κ2) is 15.2. The first kappa shape index (κ1) is 33.8. The molecule has 2 amide bonds. The predicted octanol–water partition coefficient (Wildman–Crippen LogP) is 7.42. The van der Waals surface area contributed by atoms with Crippen molar-refractivity contribution in [3.63, 3.8) is 0 Å². The fraction of sp³-hybridized carbons (Fsp3) is 0.265. The minimum absolute atomic E-state index is 0. The van der Waals surface area contributed by atoms with Crippen molar-refractivity contribution < 1.29 is 22.3 Å². The van der Waals surface area contributed by atoms with Crippen LogP contribution >= 0.6 is 12.4 Å². The van der Waals surface area contributed by atoms with Crippen LogP contribution in [0, 0.1) is 12.7 Å². The largest absolute Gasteiger partial charge is 0.457 e. The van der Waals surface area contributed by atoms with Crippen LogP contribution in [0.5, 0.6) is 11.5 Å². The highest BCUT2D eigenvalue weighted by Crippen LogP contribution is 2.26. The minimum atomic E-state index is -3.33. The monoisotopic (exact) mass is 652 g/mol. The quantitative estimate of drug-likeness (QED) is 0.186. The van der Waals surface area contributed by atoms with Crippen LogP contribution in [-0.4, -0.2) is 49.6 Å². The van der Waals surface area contributed by atoms with E-state index < -0.39 is 10.0 Å². The van der Waals surface area contributed by atoms with E-state index in [0.717, 1.165) is 55.4 Å². The van der Waals surface area contributed by atoms with Crippen LogP contribution in [0.2, 0.25) is 0 Å². The van der Waals surface area contributed by atoms with Crippen molar-refractivity contribution >= 4 is 39.8 Å². The number of amides is 2. The van der Waals surface area contributed by atoms with Gasteiger partial charge < -0.3 is 15.0 Å². The number of sulfonamides is 1. The number of ether oxygens (including phenoxy) is 1. The number of hydrogen-bond donors (Lipinski definition) is 2. The van der Waals surface area contributed by atoms with Crippen molar-refractivity contribution in [3.8, 4) is 11.5 Å². The summed E-state index contributed by atoms with van der Waals surface area (Å²) in [7, 11) is -3.33. The molecule has 4 aromatic rings. The standard InChI is InChI=1S/C34H37FN4O4S.ClH/c1-25-4-3-5-27(22-25)24-39(34(40)36-29-10-8-28(35)9-11-29)31-18-20-38(21-19-31)23-26-6-14-32(15-7-26)43-33-16-12-30(13-17-33)37-44(2,41)42;/h3-17,22,31,37H,18-21,23-24H2,1-2H3,(H,36,40);1H. The van der Waals surface area contributed by atoms with Gasteiger partial charge in [-0.15, -0.1) is 12.4 Å². The molecular formula is C34H38ClFN4O4S. The highest BCUT2D eigenvalue weighted by molar-refractivity contribution is 7.92. The number of likely N-dealkylation sites (tertiary alicyclic amines) is 1. The van der Waals surface area contributed by atoms with Gasteiger partial charge in [0.2, 0.25) is 10.0 Å². The number of carbonyl (C=O) groups is 1. The maximum absolute atomic E-state index is 13.5. The Morgan fingerprint density at radius 2 is 1.49 bits per heavy atom. The van der Waals surface area contributed by atoms with E-state index in [9.17, 15) is 17.6 Å². The Bertz CT molecular complexity index is 1660. The third-order valence-corrected chi connectivity index (χ3v) is 8.12. The molecule has 4 aromatic carbocycles. The molecule has 8 nitrogen and oxygen atoms in total. The number of carbonyl (C=O) groups excluding carboxylic acids is 1. The maximum Gasteiger partial charge on any atom is 0.322 e. The van der Waals surface area contributed by atoms with E-state index in [4.69, 9.17) is 4.74 Å². The average Bonchev–Trinajstić information content (AvgIpc) is 2.99. The number of piperidine rings is 1. The number of urea groups is 1. The van der Waals surface area contributed by atoms with Crippen LogP contribution in [0.4, 0.5) is 20.6 Å². The smallest absolute Gasteiger partial charge is 0.322 e. The topological polar surface area (TPSA) is 91.0 Å². The molecular weight excluding hydrogens is 615 g/mol. The average molecular weight is 653 g/mol. The van der Waals surface area contributed by atoms with Crippen molar-refractivity contribution in [1.29, 1.82) is 0 Å². The van der Waals surface area contributed by atoms with Crippen LogP contribution in [-0.2, 0) is 23.1 Å². The summed E-state index contributed by atoms with van der Waals surface area (Å²) in [5, 5.41) is 2.95. The van der Waals surface area contributed by atoms with Crippen LogP contribution in [0.25, 0.3) is 0 Å². The van der Waals surface area contributed by atoms with E-state index in [-0.39, 0.29) is 30.3 Å². The highest BCUT2D eigenvalue weighted by Gasteiger charge is 2.28. The second-order valence-electron chi connectivity index (χ2n) is 11.2. The van der Waals surface area contributed by atoms with E-state index in [1.54, 1.807) is 36.4 Å². The molecule has 11 heteroatoms. The molecule has 238 valence electrons. The zero-order valence-electron chi connectivity index (χ0n) is 25.3. The Morgan fingerprint density at radius 1 is 0.889 bits per heavy atom. The summed E-state index contributed by atoms with van der Waals surface area (Å²) in [6.45, 7) is 5.04. The first-order valence-corrected chi connectivity index (χ1v) is 16.4. The number of hydrogen-bond acceptors (Lipinski definition) is 5. The number of benzene rings is 4. The van der Waals surface area contributed by atoms with Crippen LogP contribution in [0.3, 0.4) is 0 Å². The van der Waals surface area contributed by atoms with Crippen molar-refractivity contribution in [2.24, 2.45) is 0 Å². The van der Waals surface area contributed by atoms with Crippen molar-refractivity contribution in [2.45, 2.75) is 38.9 Å². The van der Waals surface area contributed by atoms with Gasteiger partial charge in [0.05, 0.1) is 6.26 Å². The first-order chi connectivity index (χ1) is 21.1. The lowest BCUT2D eigenvalue weighted by Crippen LogP contribution is -2.48. The lowest BCUT2D eigenvalue weighted by molar-refractivity contribution is 0.120. The van der Waals surface area contributed by atoms with Gasteiger partial charge in [-0.2, -0.15) is 0 Å². The number of anilines is 2. The molecule has 2 N–H and O–H groups in total. The lowest BCUT2D eigenvalue weighted by atomic mass is 10.0. The van der Waals surface area contributed by atoms with E-state index in [0.29, 0.717) is 29.4 Å². The van der Waals surface area contributed by atoms with Gasteiger partial charge in [-0.05, 0) is 91.6 Å². The van der Waals surface area contributed by atoms with Gasteiger partial charge in [-0.1, -0.05) is 42.0 Å². The summed E-state index contributed by atoms with van der Waals surface area (Å²) in [6, 6.07) is 28.6. The zero-order chi connectivity index (χ0) is 31.1. The molecule has 0 aromatic heterocycles. The molecule has 45 heavy (non-hydrogen) atoms. The van der Waals surface area contributed by atoms with Gasteiger partial charge in [-0.25, -0.2) is 17.6 Å². The minimum Gasteiger partial charge on any atom is -0.457 e. The molecule has 1 aliphatic heterocycles. The molecule has 0 saturated carbocycles. The normalized spacial score (nSPS) is 13.8. The summed E-state index contributed by atoms with van der Waals surface area (Å²) in [5.41, 5.74) is 4.43. The summed E-state index contributed by atoms with van der Waals surface area (Å²) < 4.78 is 44.6. The molecule has 0 unspecified atom stereocenters. The highest BCUT2D eigenvalue weighted by atomic mass is 35.5. The molecule has 1 saturated heterocycles. The molecule has 1 heterocycles. The van der Waals surface area contributed by atoms with Crippen molar-refractivity contribution in [1.82, 2.24) is 9.80 Å². The molecule has 1 aliphatic rings. The van der Waals surface area contributed by atoms with Gasteiger partial charge in [0.15, 0.2) is 0 Å². The number of aryl methyl sites for hydroxylation is 1. The van der Waals surface area contributed by atoms with E-state index in [2.05, 4.69) is 21.0 Å². The molecule has 0 aliphatic carbocycles. The van der Waals surface area contributed by atoms with Gasteiger partial charge in [0, 0.05) is 43.6 Å². The van der Waals surface area contributed by atoms with Gasteiger partial charge in [-0.3, -0.25) is 9.62 Å². The number of rotatable bonds is 10. The maximum atomic E-state index is 13.5. The van der Waals surface area contributed by atoms with Gasteiger partial charge in [0.1, 0.15) is 17.3 Å². The second-order valence-corrected chi connectivity index (χ2v) is 13.0. The van der Waals surface area contributed by atoms with E-state index in [1.165, 1.54) is 12.1 Å². The molecule has 5 rings (SSSR count). The Kier molecular flexibility index (Phi) is 11.4. The van der Waals surface area contributed by atoms with Crippen LogP contribution < -0.4 is 14.8 Å². The van der Waals surface area contributed by atoms with Crippen LogP contribution in [0.1, 0.15) is 29.5 Å². The Hall–Kier alpha value is -4.12. The number of nitrogens with one attached hydrogen (secondary N) is 2. The summed E-state index contributed by atoms with van der Waals surface area (Å²) in [6.07, 6.45) is 2.79. The van der Waals surface area contributed by atoms with Gasteiger partial charge in [0.25, 0.3) is 0 Å². The SMILES string of the molecule is Cc1cccc(CN(C(=O)Nc2ccc(F)cc2)C2CCN(Cc3ccc(Oc4ccc(NS(C)(=O)=O)cc4)cc3)CC2)c1.Cl. The fourth-order valence-corrected chi connectivity index (χ4v) is 5.92. The Balaban J connectivity index is 0.00000461. The van der Waals surface area contributed by atoms with E-state index in [1.807, 2.05) is 54.3 Å². The fourth-order valence-electron chi connectivity index (χ4n) is 5.35. The molecule has 0 spiro atoms. The number of halogens is 2. The van der Waals surface area contributed by atoms with Gasteiger partial charge >= 0.3 is 6.03 Å². The summed E-state index contributed by atoms with van der Waals surface area (Å²) >= 11 is 0. The molecule has 0 radical (unpaired) electrons. The lowest BCUT2D eigenvalue weighted by Gasteiger charge is -2.38. The third-order valence-electron chi connectivity index (χ3n) is 7.51. The molecule has 0 atom stereocenters. The summed E-state index contributed by atoms with van der Waals surface area (Å²) in [5.74, 6) is 0.956. The zero-order valence-corrected chi connectivity index (χ0v) is 26.9. The third kappa shape index (κ3) is 10.2.